The van der Waals surface area contributed by atoms with Crippen LogP contribution in [0.3, 0.4) is 0 Å². The molecule has 2 aromatic rings. The number of hydrogen-bond acceptors (Lipinski definition) is 3. The average Bonchev–Trinajstić information content (AvgIpc) is 2.86. The maximum atomic E-state index is 5.54. The van der Waals surface area contributed by atoms with E-state index in [-0.39, 0.29) is 6.23 Å². The first-order valence-corrected chi connectivity index (χ1v) is 5.96. The molecule has 0 bridgehead atoms. The van der Waals surface area contributed by atoms with Gasteiger partial charge in [0.25, 0.3) is 0 Å². The number of hydrogen-bond donors (Lipinski definition) is 2. The van der Waals surface area contributed by atoms with Gasteiger partial charge in [-0.2, -0.15) is 0 Å². The van der Waals surface area contributed by atoms with Crippen molar-refractivity contribution in [2.75, 3.05) is 31.6 Å². The van der Waals surface area contributed by atoms with Crippen LogP contribution in [-0.4, -0.2) is 38.0 Å². The third kappa shape index (κ3) is 1.79. The van der Waals surface area contributed by atoms with Crippen LogP contribution < -0.4 is 10.2 Å². The number of methoxy groups -OCH3 is 1. The monoisotopic (exact) mass is 231 g/mol. The second-order valence-corrected chi connectivity index (χ2v) is 4.30. The molecule has 2 heterocycles. The van der Waals surface area contributed by atoms with E-state index in [1.54, 1.807) is 7.11 Å². The van der Waals surface area contributed by atoms with Gasteiger partial charge in [0.1, 0.15) is 6.23 Å². The first kappa shape index (κ1) is 10.6. The van der Waals surface area contributed by atoms with Crippen LogP contribution in [0.4, 0.5) is 5.69 Å². The average molecular weight is 231 g/mol. The highest BCUT2D eigenvalue weighted by Crippen LogP contribution is 2.28. The summed E-state index contributed by atoms with van der Waals surface area (Å²) in [5.41, 5.74) is 2.42. The van der Waals surface area contributed by atoms with Crippen molar-refractivity contribution >= 4 is 16.6 Å². The Morgan fingerprint density at radius 1 is 1.35 bits per heavy atom. The Bertz CT molecular complexity index is 508. The smallest absolute Gasteiger partial charge is 0.142 e. The number of fused-ring (bicyclic) bond motifs is 1. The maximum Gasteiger partial charge on any atom is 0.142 e. The van der Waals surface area contributed by atoms with Gasteiger partial charge in [-0.1, -0.05) is 6.07 Å². The van der Waals surface area contributed by atoms with Gasteiger partial charge in [-0.25, -0.2) is 0 Å². The number of ether oxygens (including phenoxy) is 1. The molecule has 2 N–H and O–H groups in total. The summed E-state index contributed by atoms with van der Waals surface area (Å²) in [6.07, 6.45) is 2.10. The van der Waals surface area contributed by atoms with E-state index in [9.17, 15) is 0 Å². The van der Waals surface area contributed by atoms with Gasteiger partial charge >= 0.3 is 0 Å². The topological polar surface area (TPSA) is 40.3 Å². The molecule has 17 heavy (non-hydrogen) atoms. The number of rotatable bonds is 2. The van der Waals surface area contributed by atoms with Gasteiger partial charge in [-0.3, -0.25) is 0 Å². The molecule has 0 amide bonds. The number of benzene rings is 1. The molecule has 3 rings (SSSR count). The van der Waals surface area contributed by atoms with Gasteiger partial charge in [-0.15, -0.1) is 0 Å². The predicted molar refractivity (Wildman–Crippen MR) is 69.3 cm³/mol. The van der Waals surface area contributed by atoms with E-state index in [1.807, 2.05) is 6.20 Å². The molecule has 1 fully saturated rings. The maximum absolute atomic E-state index is 5.54. The number of aromatic nitrogens is 1. The van der Waals surface area contributed by atoms with Crippen LogP contribution in [0.2, 0.25) is 0 Å². The van der Waals surface area contributed by atoms with Crippen LogP contribution in [-0.2, 0) is 4.74 Å². The van der Waals surface area contributed by atoms with E-state index in [2.05, 4.69) is 39.5 Å². The lowest BCUT2D eigenvalue weighted by atomic mass is 10.1. The van der Waals surface area contributed by atoms with Crippen molar-refractivity contribution in [2.24, 2.45) is 0 Å². The summed E-state index contributed by atoms with van der Waals surface area (Å²) < 4.78 is 5.54. The van der Waals surface area contributed by atoms with Crippen LogP contribution in [0.1, 0.15) is 0 Å². The number of aromatic amines is 1. The fourth-order valence-electron chi connectivity index (χ4n) is 2.48. The first-order valence-electron chi connectivity index (χ1n) is 5.96. The second kappa shape index (κ2) is 4.39. The molecule has 4 heteroatoms. The summed E-state index contributed by atoms with van der Waals surface area (Å²) in [7, 11) is 1.77. The van der Waals surface area contributed by atoms with Crippen LogP contribution in [0.5, 0.6) is 0 Å². The van der Waals surface area contributed by atoms with E-state index in [0.29, 0.717) is 0 Å². The molecule has 4 nitrogen and oxygen atoms in total. The van der Waals surface area contributed by atoms with Crippen molar-refractivity contribution in [3.05, 3.63) is 30.5 Å². The lowest BCUT2D eigenvalue weighted by Crippen LogP contribution is -2.52. The number of piperazine rings is 1. The van der Waals surface area contributed by atoms with Gasteiger partial charge in [-0.05, 0) is 18.2 Å². The molecule has 1 atom stereocenters. The summed E-state index contributed by atoms with van der Waals surface area (Å²) in [5, 5.41) is 4.61. The minimum absolute atomic E-state index is 0.115. The fourth-order valence-corrected chi connectivity index (χ4v) is 2.48. The molecule has 1 unspecified atom stereocenters. The molecular formula is C13H17N3O. The Labute approximate surface area is 101 Å². The van der Waals surface area contributed by atoms with Crippen molar-refractivity contribution in [3.8, 4) is 0 Å². The van der Waals surface area contributed by atoms with Gasteiger partial charge in [0.05, 0.1) is 0 Å². The van der Waals surface area contributed by atoms with Gasteiger partial charge in [0.2, 0.25) is 0 Å². The number of H-pyrrole nitrogens is 1. The SMILES string of the molecule is COC1CNCCN1c1cccc2[nH]ccc12. The third-order valence-electron chi connectivity index (χ3n) is 3.35. The van der Waals surface area contributed by atoms with Crippen LogP contribution in [0.25, 0.3) is 10.9 Å². The summed E-state index contributed by atoms with van der Waals surface area (Å²) in [6.45, 7) is 2.85. The van der Waals surface area contributed by atoms with Crippen LogP contribution in [0.15, 0.2) is 30.5 Å². The number of anilines is 1. The lowest BCUT2D eigenvalue weighted by Gasteiger charge is -2.37. The molecule has 1 aromatic heterocycles. The first-order chi connectivity index (χ1) is 8.40. The van der Waals surface area contributed by atoms with E-state index in [1.165, 1.54) is 16.6 Å². The lowest BCUT2D eigenvalue weighted by molar-refractivity contribution is 0.0884. The van der Waals surface area contributed by atoms with Crippen molar-refractivity contribution in [2.45, 2.75) is 6.23 Å². The van der Waals surface area contributed by atoms with Crippen LogP contribution in [0, 0.1) is 0 Å². The van der Waals surface area contributed by atoms with Gasteiger partial charge in [0, 0.05) is 49.5 Å². The molecule has 0 spiro atoms. The second-order valence-electron chi connectivity index (χ2n) is 4.30. The van der Waals surface area contributed by atoms with Gasteiger partial charge in [0.15, 0.2) is 0 Å². The number of nitrogens with one attached hydrogen (secondary N) is 2. The summed E-state index contributed by atoms with van der Waals surface area (Å²) >= 11 is 0. The molecule has 1 aliphatic rings. The van der Waals surface area contributed by atoms with Crippen molar-refractivity contribution < 1.29 is 4.74 Å². The Balaban J connectivity index is 2.04. The largest absolute Gasteiger partial charge is 0.361 e. The standard InChI is InChI=1S/C13H17N3O/c1-17-13-9-14-7-8-16(13)12-4-2-3-11-10(12)5-6-15-11/h2-6,13-15H,7-9H2,1H3. The van der Waals surface area contributed by atoms with Crippen molar-refractivity contribution in [3.63, 3.8) is 0 Å². The summed E-state index contributed by atoms with van der Waals surface area (Å²) in [5.74, 6) is 0. The Hall–Kier alpha value is -1.52. The molecule has 0 radical (unpaired) electrons. The Morgan fingerprint density at radius 3 is 3.18 bits per heavy atom. The molecule has 0 saturated carbocycles. The molecule has 90 valence electrons. The van der Waals surface area contributed by atoms with E-state index < -0.39 is 0 Å². The Morgan fingerprint density at radius 2 is 2.29 bits per heavy atom. The zero-order chi connectivity index (χ0) is 11.7. The normalized spacial score (nSPS) is 21.0. The number of nitrogens with zero attached hydrogens (tertiary/aromatic N) is 1. The molecule has 1 saturated heterocycles. The highest BCUT2D eigenvalue weighted by Gasteiger charge is 2.23. The zero-order valence-electron chi connectivity index (χ0n) is 9.94. The zero-order valence-corrected chi connectivity index (χ0v) is 9.94. The Kier molecular flexibility index (Phi) is 2.74. The molecule has 0 aliphatic carbocycles. The predicted octanol–water partition coefficient (Wildman–Crippen LogP) is 1.55. The van der Waals surface area contributed by atoms with Crippen LogP contribution >= 0.6 is 0 Å². The van der Waals surface area contributed by atoms with Crippen molar-refractivity contribution in [1.82, 2.24) is 10.3 Å². The highest BCUT2D eigenvalue weighted by atomic mass is 16.5. The minimum Gasteiger partial charge on any atom is -0.361 e. The molecular weight excluding hydrogens is 214 g/mol. The fraction of sp³-hybridized carbons (Fsp3) is 0.385. The summed E-state index contributed by atoms with van der Waals surface area (Å²) in [4.78, 5) is 5.57. The molecule has 1 aliphatic heterocycles. The van der Waals surface area contributed by atoms with E-state index >= 15 is 0 Å². The van der Waals surface area contributed by atoms with E-state index in [4.69, 9.17) is 4.74 Å². The highest BCUT2D eigenvalue weighted by molar-refractivity contribution is 5.92. The quantitative estimate of drug-likeness (QED) is 0.824. The van der Waals surface area contributed by atoms with E-state index in [0.717, 1.165) is 19.6 Å². The van der Waals surface area contributed by atoms with Gasteiger partial charge < -0.3 is 19.9 Å². The molecule has 1 aromatic carbocycles. The van der Waals surface area contributed by atoms with Crippen molar-refractivity contribution in [1.29, 1.82) is 0 Å². The minimum atomic E-state index is 0.115. The third-order valence-corrected chi connectivity index (χ3v) is 3.35. The summed E-state index contributed by atoms with van der Waals surface area (Å²) in [6, 6.07) is 8.47.